The van der Waals surface area contributed by atoms with Crippen molar-refractivity contribution in [2.75, 3.05) is 6.54 Å². The topological polar surface area (TPSA) is 75.3 Å². The number of nitrogens with one attached hydrogen (secondary N) is 3. The summed E-state index contributed by atoms with van der Waals surface area (Å²) in [6.07, 6.45) is 6.75. The average molecular weight is 401 g/mol. The Morgan fingerprint density at radius 3 is 2.68 bits per heavy atom. The van der Waals surface area contributed by atoms with E-state index in [1.165, 1.54) is 12.8 Å². The Bertz CT molecular complexity index is 791. The number of pyridine rings is 1. The zero-order valence-electron chi connectivity index (χ0n) is 15.7. The molecule has 2 unspecified atom stereocenters. The van der Waals surface area contributed by atoms with E-state index in [1.807, 2.05) is 36.4 Å². The van der Waals surface area contributed by atoms with Gasteiger partial charge in [0.05, 0.1) is 12.0 Å². The predicted molar refractivity (Wildman–Crippen MR) is 108 cm³/mol. The minimum Gasteiger partial charge on any atom is -0.474 e. The third-order valence-corrected chi connectivity index (χ3v) is 5.65. The van der Waals surface area contributed by atoms with Gasteiger partial charge in [0.2, 0.25) is 11.8 Å². The number of hydrogen-bond acceptors (Lipinski definition) is 5. The van der Waals surface area contributed by atoms with Crippen LogP contribution in [0.2, 0.25) is 5.02 Å². The number of halogens is 1. The monoisotopic (exact) mass is 400 g/mol. The number of rotatable bonds is 6. The molecule has 2 aromatic rings. The Balaban J connectivity index is 1.31. The van der Waals surface area contributed by atoms with Gasteiger partial charge in [0.25, 0.3) is 0 Å². The summed E-state index contributed by atoms with van der Waals surface area (Å²) in [5, 5.41) is 3.70. The van der Waals surface area contributed by atoms with Crippen molar-refractivity contribution in [3.05, 3.63) is 58.7 Å². The standard InChI is InChI=1S/C21H25ClN4O2/c22-16-8-6-15(7-9-16)20-18(13-25-26-20)21(27)24-12-14-5-10-19(23-11-14)28-17-3-1-2-4-17/h5-11,17-18,20,25-26H,1-4,12-13H2,(H,24,27). The molecule has 1 aliphatic carbocycles. The molecule has 148 valence electrons. The number of hydrogen-bond donors (Lipinski definition) is 3. The second-order valence-corrected chi connectivity index (χ2v) is 7.84. The number of carbonyl (C=O) groups is 1. The summed E-state index contributed by atoms with van der Waals surface area (Å²) in [6.45, 7) is 1.02. The Morgan fingerprint density at radius 1 is 1.18 bits per heavy atom. The molecule has 1 aromatic carbocycles. The lowest BCUT2D eigenvalue weighted by Gasteiger charge is -2.18. The molecular formula is C21H25ClN4O2. The first-order chi connectivity index (χ1) is 13.7. The minimum atomic E-state index is -0.195. The zero-order valence-corrected chi connectivity index (χ0v) is 16.4. The average Bonchev–Trinajstić information content (AvgIpc) is 3.40. The first-order valence-electron chi connectivity index (χ1n) is 9.82. The smallest absolute Gasteiger partial charge is 0.226 e. The third kappa shape index (κ3) is 4.63. The maximum absolute atomic E-state index is 12.7. The van der Waals surface area contributed by atoms with Gasteiger partial charge in [0, 0.05) is 30.4 Å². The first kappa shape index (κ1) is 19.2. The van der Waals surface area contributed by atoms with Crippen LogP contribution in [0.5, 0.6) is 5.88 Å². The fourth-order valence-electron chi connectivity index (χ4n) is 3.81. The number of carbonyl (C=O) groups excluding carboxylic acids is 1. The highest BCUT2D eigenvalue weighted by molar-refractivity contribution is 6.30. The molecule has 2 fully saturated rings. The van der Waals surface area contributed by atoms with Crippen molar-refractivity contribution in [3.63, 3.8) is 0 Å². The molecule has 2 aliphatic rings. The lowest BCUT2D eigenvalue weighted by Crippen LogP contribution is -2.34. The van der Waals surface area contributed by atoms with Gasteiger partial charge in [0.15, 0.2) is 0 Å². The van der Waals surface area contributed by atoms with Gasteiger partial charge in [0.1, 0.15) is 6.10 Å². The predicted octanol–water partition coefficient (Wildman–Crippen LogP) is 3.14. The van der Waals surface area contributed by atoms with Crippen molar-refractivity contribution in [1.29, 1.82) is 0 Å². The van der Waals surface area contributed by atoms with Crippen LogP contribution < -0.4 is 20.9 Å². The van der Waals surface area contributed by atoms with E-state index in [1.54, 1.807) is 6.20 Å². The van der Waals surface area contributed by atoms with Crippen molar-refractivity contribution < 1.29 is 9.53 Å². The second-order valence-electron chi connectivity index (χ2n) is 7.41. The highest BCUT2D eigenvalue weighted by atomic mass is 35.5. The summed E-state index contributed by atoms with van der Waals surface area (Å²) < 4.78 is 5.88. The molecule has 1 aliphatic heterocycles. The maximum atomic E-state index is 12.7. The van der Waals surface area contributed by atoms with Crippen LogP contribution in [0.4, 0.5) is 0 Å². The van der Waals surface area contributed by atoms with Gasteiger partial charge in [-0.25, -0.2) is 10.4 Å². The largest absolute Gasteiger partial charge is 0.474 e. The molecule has 1 amide bonds. The van der Waals surface area contributed by atoms with Crippen LogP contribution in [0.1, 0.15) is 42.9 Å². The highest BCUT2D eigenvalue weighted by Crippen LogP contribution is 2.26. The Labute approximate surface area is 170 Å². The van der Waals surface area contributed by atoms with Crippen molar-refractivity contribution in [3.8, 4) is 5.88 Å². The minimum absolute atomic E-state index is 0.00346. The molecule has 28 heavy (non-hydrogen) atoms. The first-order valence-corrected chi connectivity index (χ1v) is 10.2. The second kappa shape index (κ2) is 8.90. The van der Waals surface area contributed by atoms with Crippen LogP contribution in [-0.4, -0.2) is 23.5 Å². The molecule has 7 heteroatoms. The van der Waals surface area contributed by atoms with Gasteiger partial charge in [-0.1, -0.05) is 29.8 Å². The van der Waals surface area contributed by atoms with Gasteiger partial charge in [-0.2, -0.15) is 0 Å². The summed E-state index contributed by atoms with van der Waals surface area (Å²) in [7, 11) is 0. The summed E-state index contributed by atoms with van der Waals surface area (Å²) in [6, 6.07) is 11.3. The lowest BCUT2D eigenvalue weighted by molar-refractivity contribution is -0.125. The van der Waals surface area contributed by atoms with Crippen molar-refractivity contribution in [2.24, 2.45) is 5.92 Å². The van der Waals surface area contributed by atoms with Gasteiger partial charge in [-0.3, -0.25) is 10.2 Å². The van der Waals surface area contributed by atoms with E-state index in [-0.39, 0.29) is 17.9 Å². The summed E-state index contributed by atoms with van der Waals surface area (Å²) >= 11 is 5.96. The third-order valence-electron chi connectivity index (χ3n) is 5.40. The van der Waals surface area contributed by atoms with Crippen LogP contribution in [-0.2, 0) is 11.3 Å². The fourth-order valence-corrected chi connectivity index (χ4v) is 3.94. The van der Waals surface area contributed by atoms with E-state index >= 15 is 0 Å². The molecule has 2 atom stereocenters. The molecule has 0 radical (unpaired) electrons. The lowest BCUT2D eigenvalue weighted by atomic mass is 9.94. The van der Waals surface area contributed by atoms with Crippen LogP contribution >= 0.6 is 11.6 Å². The number of amides is 1. The number of nitrogens with zero attached hydrogens (tertiary/aromatic N) is 1. The van der Waals surface area contributed by atoms with Gasteiger partial charge < -0.3 is 10.1 Å². The van der Waals surface area contributed by atoms with E-state index < -0.39 is 0 Å². The molecule has 0 bridgehead atoms. The van der Waals surface area contributed by atoms with Crippen molar-refractivity contribution in [2.45, 2.75) is 44.4 Å². The van der Waals surface area contributed by atoms with Crippen molar-refractivity contribution in [1.82, 2.24) is 21.2 Å². The van der Waals surface area contributed by atoms with Crippen LogP contribution in [0.3, 0.4) is 0 Å². The van der Waals surface area contributed by atoms with Crippen LogP contribution in [0, 0.1) is 5.92 Å². The molecule has 1 saturated carbocycles. The number of ether oxygens (including phenoxy) is 1. The Kier molecular flexibility index (Phi) is 6.10. The molecule has 2 heterocycles. The quantitative estimate of drug-likeness (QED) is 0.694. The SMILES string of the molecule is O=C(NCc1ccc(OC2CCCC2)nc1)C1CNNC1c1ccc(Cl)cc1. The van der Waals surface area contributed by atoms with E-state index in [4.69, 9.17) is 16.3 Å². The molecule has 6 nitrogen and oxygen atoms in total. The summed E-state index contributed by atoms with van der Waals surface area (Å²) in [5.41, 5.74) is 8.25. The zero-order chi connectivity index (χ0) is 19.3. The number of benzene rings is 1. The molecule has 4 rings (SSSR count). The van der Waals surface area contributed by atoms with Gasteiger partial charge in [-0.05, 0) is 48.9 Å². The van der Waals surface area contributed by atoms with Crippen LogP contribution in [0.15, 0.2) is 42.6 Å². The van der Waals surface area contributed by atoms with E-state index in [2.05, 4.69) is 21.2 Å². The molecular weight excluding hydrogens is 376 g/mol. The Morgan fingerprint density at radius 2 is 1.96 bits per heavy atom. The number of hydrazine groups is 1. The van der Waals surface area contributed by atoms with E-state index in [0.29, 0.717) is 30.1 Å². The normalized spacial score (nSPS) is 22.3. The molecule has 1 aromatic heterocycles. The number of aromatic nitrogens is 1. The molecule has 3 N–H and O–H groups in total. The summed E-state index contributed by atoms with van der Waals surface area (Å²) in [4.78, 5) is 17.1. The Hall–Kier alpha value is -2.15. The highest BCUT2D eigenvalue weighted by Gasteiger charge is 2.33. The fraction of sp³-hybridized carbons (Fsp3) is 0.429. The van der Waals surface area contributed by atoms with Gasteiger partial charge >= 0.3 is 0 Å². The van der Waals surface area contributed by atoms with E-state index in [9.17, 15) is 4.79 Å². The van der Waals surface area contributed by atoms with Crippen LogP contribution in [0.25, 0.3) is 0 Å². The molecule has 1 saturated heterocycles. The molecule has 0 spiro atoms. The summed E-state index contributed by atoms with van der Waals surface area (Å²) in [5.74, 6) is 0.469. The maximum Gasteiger partial charge on any atom is 0.226 e. The van der Waals surface area contributed by atoms with Crippen molar-refractivity contribution >= 4 is 17.5 Å². The van der Waals surface area contributed by atoms with E-state index in [0.717, 1.165) is 24.0 Å². The van der Waals surface area contributed by atoms with Gasteiger partial charge in [-0.15, -0.1) is 0 Å².